The predicted octanol–water partition coefficient (Wildman–Crippen LogP) is 4.01. The number of hydrogen-bond acceptors (Lipinski definition) is 3. The van der Waals surface area contributed by atoms with Crippen molar-refractivity contribution < 1.29 is 13.2 Å². The maximum atomic E-state index is 12.4. The summed E-state index contributed by atoms with van der Waals surface area (Å²) in [6.45, 7) is 4.24. The van der Waals surface area contributed by atoms with E-state index in [0.29, 0.717) is 17.4 Å². The molecule has 1 atom stereocenters. The normalized spacial score (nSPS) is 12.7. The molecule has 2 rings (SSSR count). The van der Waals surface area contributed by atoms with Crippen LogP contribution in [0.4, 0.5) is 5.69 Å². The lowest BCUT2D eigenvalue weighted by Gasteiger charge is -2.11. The van der Waals surface area contributed by atoms with Crippen molar-refractivity contribution in [2.75, 3.05) is 11.8 Å². The second-order valence-electron chi connectivity index (χ2n) is 5.21. The molecule has 2 aromatic rings. The van der Waals surface area contributed by atoms with E-state index < -0.39 is 10.0 Å². The van der Waals surface area contributed by atoms with Crippen LogP contribution in [0, 0.1) is 0 Å². The summed E-state index contributed by atoms with van der Waals surface area (Å²) in [6.07, 6.45) is 1.02. The molecular weight excluding hydrogens is 298 g/mol. The van der Waals surface area contributed by atoms with Crippen LogP contribution in [0.15, 0.2) is 53.4 Å². The monoisotopic (exact) mass is 319 g/mol. The lowest BCUT2D eigenvalue weighted by Crippen LogP contribution is -2.13. The van der Waals surface area contributed by atoms with Crippen molar-refractivity contribution in [1.82, 2.24) is 0 Å². The van der Waals surface area contributed by atoms with E-state index >= 15 is 0 Å². The molecule has 0 aliphatic carbocycles. The van der Waals surface area contributed by atoms with Crippen LogP contribution in [-0.2, 0) is 10.0 Å². The van der Waals surface area contributed by atoms with E-state index in [9.17, 15) is 8.42 Å². The number of nitrogens with one attached hydrogen (secondary N) is 1. The zero-order chi connectivity index (χ0) is 16.2. The maximum Gasteiger partial charge on any atom is 0.261 e. The molecule has 1 N–H and O–H groups in total. The molecule has 0 aromatic heterocycles. The van der Waals surface area contributed by atoms with E-state index in [4.69, 9.17) is 4.74 Å². The van der Waals surface area contributed by atoms with Gasteiger partial charge in [0.2, 0.25) is 0 Å². The molecule has 0 heterocycles. The van der Waals surface area contributed by atoms with Crippen LogP contribution < -0.4 is 9.46 Å². The smallest absolute Gasteiger partial charge is 0.261 e. The third kappa shape index (κ3) is 3.80. The fourth-order valence-corrected chi connectivity index (χ4v) is 3.14. The Hall–Kier alpha value is -2.01. The molecule has 22 heavy (non-hydrogen) atoms. The summed E-state index contributed by atoms with van der Waals surface area (Å²) in [6, 6.07) is 13.8. The number of sulfonamides is 1. The number of rotatable bonds is 6. The summed E-state index contributed by atoms with van der Waals surface area (Å²) in [7, 11) is -2.01. The van der Waals surface area contributed by atoms with Crippen LogP contribution in [0.1, 0.15) is 31.7 Å². The Morgan fingerprint density at radius 1 is 1.05 bits per heavy atom. The molecule has 0 fully saturated rings. The van der Waals surface area contributed by atoms with Crippen LogP contribution in [0.25, 0.3) is 0 Å². The first-order valence-electron chi connectivity index (χ1n) is 7.23. The quantitative estimate of drug-likeness (QED) is 0.875. The van der Waals surface area contributed by atoms with Crippen molar-refractivity contribution in [3.8, 4) is 5.75 Å². The van der Waals surface area contributed by atoms with E-state index in [2.05, 4.69) is 18.6 Å². The maximum absolute atomic E-state index is 12.4. The van der Waals surface area contributed by atoms with Crippen molar-refractivity contribution in [1.29, 1.82) is 0 Å². The highest BCUT2D eigenvalue weighted by molar-refractivity contribution is 7.92. The topological polar surface area (TPSA) is 55.4 Å². The van der Waals surface area contributed by atoms with Crippen LogP contribution in [0.5, 0.6) is 5.75 Å². The van der Waals surface area contributed by atoms with E-state index in [1.165, 1.54) is 0 Å². The van der Waals surface area contributed by atoms with Crippen molar-refractivity contribution in [2.24, 2.45) is 0 Å². The van der Waals surface area contributed by atoms with Gasteiger partial charge in [-0.15, -0.1) is 0 Å². The molecule has 0 saturated carbocycles. The Kier molecular flexibility index (Phi) is 5.08. The summed E-state index contributed by atoms with van der Waals surface area (Å²) in [5.41, 5.74) is 1.65. The SMILES string of the molecule is CC[C@H](C)c1ccc(S(=O)(=O)Nc2ccc(OC)cc2)cc1. The molecule has 0 unspecified atom stereocenters. The number of benzene rings is 2. The highest BCUT2D eigenvalue weighted by atomic mass is 32.2. The van der Waals surface area contributed by atoms with E-state index in [-0.39, 0.29) is 4.90 Å². The Morgan fingerprint density at radius 2 is 1.64 bits per heavy atom. The van der Waals surface area contributed by atoms with Gasteiger partial charge in [0.05, 0.1) is 12.0 Å². The minimum atomic E-state index is -3.57. The first-order valence-corrected chi connectivity index (χ1v) is 8.71. The largest absolute Gasteiger partial charge is 0.497 e. The molecule has 5 heteroatoms. The highest BCUT2D eigenvalue weighted by Crippen LogP contribution is 2.22. The summed E-state index contributed by atoms with van der Waals surface area (Å²) in [5.74, 6) is 1.10. The van der Waals surface area contributed by atoms with E-state index in [1.807, 2.05) is 12.1 Å². The minimum absolute atomic E-state index is 0.260. The van der Waals surface area contributed by atoms with Crippen LogP contribution in [0.3, 0.4) is 0 Å². The van der Waals surface area contributed by atoms with Crippen LogP contribution in [-0.4, -0.2) is 15.5 Å². The Bertz CT molecular complexity index is 707. The molecule has 0 aliphatic rings. The molecule has 0 spiro atoms. The van der Waals surface area contributed by atoms with Gasteiger partial charge in [0, 0.05) is 5.69 Å². The van der Waals surface area contributed by atoms with Crippen LogP contribution in [0.2, 0.25) is 0 Å². The summed E-state index contributed by atoms with van der Waals surface area (Å²) in [5, 5.41) is 0. The summed E-state index contributed by atoms with van der Waals surface area (Å²) >= 11 is 0. The molecule has 0 bridgehead atoms. The van der Waals surface area contributed by atoms with E-state index in [1.54, 1.807) is 43.5 Å². The molecule has 0 aliphatic heterocycles. The fourth-order valence-electron chi connectivity index (χ4n) is 2.08. The summed E-state index contributed by atoms with van der Waals surface area (Å²) < 4.78 is 32.3. The molecule has 0 amide bonds. The van der Waals surface area contributed by atoms with Gasteiger partial charge in [-0.1, -0.05) is 26.0 Å². The molecule has 118 valence electrons. The zero-order valence-corrected chi connectivity index (χ0v) is 13.9. The van der Waals surface area contributed by atoms with Gasteiger partial charge in [-0.25, -0.2) is 8.42 Å². The standard InChI is InChI=1S/C17H21NO3S/c1-4-13(2)14-5-11-17(12-6-14)22(19,20)18-15-7-9-16(21-3)10-8-15/h5-13,18H,4H2,1-3H3/t13-/m0/s1. The fraction of sp³-hybridized carbons (Fsp3) is 0.294. The number of anilines is 1. The second kappa shape index (κ2) is 6.83. The number of hydrogen-bond donors (Lipinski definition) is 1. The first kappa shape index (κ1) is 16.4. The van der Waals surface area contributed by atoms with Gasteiger partial charge in [-0.2, -0.15) is 0 Å². The minimum Gasteiger partial charge on any atom is -0.497 e. The van der Waals surface area contributed by atoms with Gasteiger partial charge >= 0.3 is 0 Å². The molecular formula is C17H21NO3S. The van der Waals surface area contributed by atoms with Crippen molar-refractivity contribution in [3.05, 3.63) is 54.1 Å². The Labute approximate surface area is 132 Å². The van der Waals surface area contributed by atoms with Gasteiger partial charge in [-0.3, -0.25) is 4.72 Å². The van der Waals surface area contributed by atoms with Gasteiger partial charge in [0.15, 0.2) is 0 Å². The first-order chi connectivity index (χ1) is 10.5. The van der Waals surface area contributed by atoms with Crippen molar-refractivity contribution >= 4 is 15.7 Å². The molecule has 0 saturated heterocycles. The second-order valence-corrected chi connectivity index (χ2v) is 6.89. The lowest BCUT2D eigenvalue weighted by atomic mass is 9.99. The highest BCUT2D eigenvalue weighted by Gasteiger charge is 2.14. The Balaban J connectivity index is 2.18. The number of methoxy groups -OCH3 is 1. The van der Waals surface area contributed by atoms with Crippen molar-refractivity contribution in [3.63, 3.8) is 0 Å². The van der Waals surface area contributed by atoms with Crippen molar-refractivity contribution in [2.45, 2.75) is 31.1 Å². The predicted molar refractivity (Wildman–Crippen MR) is 89.0 cm³/mol. The van der Waals surface area contributed by atoms with Gasteiger partial charge in [-0.05, 0) is 54.3 Å². The number of ether oxygens (including phenoxy) is 1. The molecule has 0 radical (unpaired) electrons. The molecule has 4 nitrogen and oxygen atoms in total. The van der Waals surface area contributed by atoms with E-state index in [0.717, 1.165) is 12.0 Å². The Morgan fingerprint density at radius 3 is 2.14 bits per heavy atom. The third-order valence-corrected chi connectivity index (χ3v) is 5.11. The zero-order valence-electron chi connectivity index (χ0n) is 13.0. The summed E-state index contributed by atoms with van der Waals surface area (Å²) in [4.78, 5) is 0.260. The van der Waals surface area contributed by atoms with Gasteiger partial charge in [0.25, 0.3) is 10.0 Å². The van der Waals surface area contributed by atoms with Crippen LogP contribution >= 0.6 is 0 Å². The molecule has 2 aromatic carbocycles. The third-order valence-electron chi connectivity index (χ3n) is 3.71. The average molecular weight is 319 g/mol. The lowest BCUT2D eigenvalue weighted by molar-refractivity contribution is 0.415. The van der Waals surface area contributed by atoms with Gasteiger partial charge < -0.3 is 4.74 Å². The average Bonchev–Trinajstić information content (AvgIpc) is 2.54. The van der Waals surface area contributed by atoms with Gasteiger partial charge in [0.1, 0.15) is 5.75 Å².